The van der Waals surface area contributed by atoms with Gasteiger partial charge in [0.25, 0.3) is 5.56 Å². The Morgan fingerprint density at radius 3 is 2.07 bits per heavy atom. The van der Waals surface area contributed by atoms with E-state index < -0.39 is 5.63 Å². The number of benzene rings is 3. The molecule has 0 bridgehead atoms. The number of fused-ring (bicyclic) bond motifs is 3. The second kappa shape index (κ2) is 7.04. The molecule has 5 aromatic rings. The largest absolute Gasteiger partial charge is 0.507 e. The molecule has 0 atom stereocenters. The number of hydrogen-bond acceptors (Lipinski definition) is 4. The summed E-state index contributed by atoms with van der Waals surface area (Å²) in [7, 11) is 0. The van der Waals surface area contributed by atoms with E-state index in [1.54, 1.807) is 48.5 Å². The lowest BCUT2D eigenvalue weighted by Crippen LogP contribution is -2.21. The number of aromatic nitrogens is 1. The number of aromatic hydroxyl groups is 1. The van der Waals surface area contributed by atoms with Crippen LogP contribution in [0.5, 0.6) is 5.75 Å². The van der Waals surface area contributed by atoms with Gasteiger partial charge in [-0.05, 0) is 23.8 Å². The Kier molecular flexibility index (Phi) is 4.21. The van der Waals surface area contributed by atoms with Crippen LogP contribution in [0.15, 0.2) is 98.9 Å². The molecular weight excluding hydrogens is 378 g/mol. The van der Waals surface area contributed by atoms with Crippen molar-refractivity contribution in [3.63, 3.8) is 0 Å². The average Bonchev–Trinajstić information content (AvgIpc) is 2.78. The third kappa shape index (κ3) is 2.79. The molecule has 2 heterocycles. The van der Waals surface area contributed by atoms with Crippen molar-refractivity contribution >= 4 is 21.9 Å². The highest BCUT2D eigenvalue weighted by Gasteiger charge is 2.21. The predicted octanol–water partition coefficient (Wildman–Crippen LogP) is 4.39. The summed E-state index contributed by atoms with van der Waals surface area (Å²) in [6.07, 6.45) is 0.226. The van der Waals surface area contributed by atoms with Crippen molar-refractivity contribution < 1.29 is 9.52 Å². The minimum atomic E-state index is -0.664. The van der Waals surface area contributed by atoms with E-state index in [1.165, 1.54) is 4.57 Å². The minimum absolute atomic E-state index is 0.0317. The van der Waals surface area contributed by atoms with Crippen molar-refractivity contribution in [1.29, 1.82) is 0 Å². The van der Waals surface area contributed by atoms with Gasteiger partial charge in [-0.2, -0.15) is 0 Å². The number of rotatable bonds is 3. The number of nitrogens with zero attached hydrogens (tertiary/aromatic N) is 1. The van der Waals surface area contributed by atoms with E-state index >= 15 is 0 Å². The van der Waals surface area contributed by atoms with Crippen molar-refractivity contribution in [1.82, 2.24) is 4.57 Å². The molecule has 0 aliphatic heterocycles. The van der Waals surface area contributed by atoms with Crippen molar-refractivity contribution in [3.8, 4) is 11.4 Å². The molecule has 0 aliphatic carbocycles. The van der Waals surface area contributed by atoms with Gasteiger partial charge in [-0.25, -0.2) is 9.36 Å². The Hall–Kier alpha value is -4.12. The second-order valence-corrected chi connectivity index (χ2v) is 7.08. The molecule has 5 rings (SSSR count). The van der Waals surface area contributed by atoms with Crippen molar-refractivity contribution in [3.05, 3.63) is 117 Å². The van der Waals surface area contributed by atoms with Gasteiger partial charge in [-0.15, -0.1) is 0 Å². The molecule has 5 heteroatoms. The molecule has 0 radical (unpaired) electrons. The Morgan fingerprint density at radius 1 is 0.767 bits per heavy atom. The molecule has 30 heavy (non-hydrogen) atoms. The summed E-state index contributed by atoms with van der Waals surface area (Å²) >= 11 is 0. The van der Waals surface area contributed by atoms with Crippen LogP contribution < -0.4 is 11.2 Å². The summed E-state index contributed by atoms with van der Waals surface area (Å²) < 4.78 is 7.01. The molecular formula is C25H17NO4. The number of pyridine rings is 1. The zero-order valence-electron chi connectivity index (χ0n) is 15.9. The Bertz CT molecular complexity index is 1500. The maximum atomic E-state index is 13.3. The summed E-state index contributed by atoms with van der Waals surface area (Å²) in [6.45, 7) is 0. The molecule has 0 saturated carbocycles. The molecule has 0 unspecified atom stereocenters. The van der Waals surface area contributed by atoms with Gasteiger partial charge >= 0.3 is 5.63 Å². The van der Waals surface area contributed by atoms with E-state index in [4.69, 9.17) is 4.42 Å². The predicted molar refractivity (Wildman–Crippen MR) is 116 cm³/mol. The fourth-order valence-electron chi connectivity index (χ4n) is 3.82. The Balaban J connectivity index is 1.92. The fraction of sp³-hybridized carbons (Fsp3) is 0.0400. The van der Waals surface area contributed by atoms with Crippen LogP contribution in [0.4, 0.5) is 0 Å². The first-order valence-corrected chi connectivity index (χ1v) is 9.57. The SMILES string of the molecule is O=c1oc2c(c(O)c1Cc1ccccc1)c1ccccc1c(=O)n2-c1ccccc1. The minimum Gasteiger partial charge on any atom is -0.507 e. The fourth-order valence-corrected chi connectivity index (χ4v) is 3.82. The van der Waals surface area contributed by atoms with Crippen LogP contribution in [0.3, 0.4) is 0 Å². The summed E-state index contributed by atoms with van der Waals surface area (Å²) in [5, 5.41) is 12.5. The maximum Gasteiger partial charge on any atom is 0.344 e. The van der Waals surface area contributed by atoms with Gasteiger partial charge in [-0.1, -0.05) is 66.7 Å². The monoisotopic (exact) mass is 395 g/mol. The van der Waals surface area contributed by atoms with Crippen LogP contribution in [-0.2, 0) is 6.42 Å². The van der Waals surface area contributed by atoms with Crippen LogP contribution in [-0.4, -0.2) is 9.67 Å². The summed E-state index contributed by atoms with van der Waals surface area (Å²) in [5.41, 5.74) is 0.643. The van der Waals surface area contributed by atoms with Gasteiger partial charge in [0.15, 0.2) is 0 Å². The molecule has 0 saturated heterocycles. The van der Waals surface area contributed by atoms with Gasteiger partial charge in [0.05, 0.1) is 16.6 Å². The van der Waals surface area contributed by atoms with Gasteiger partial charge < -0.3 is 9.52 Å². The standard InChI is InChI=1S/C25H17NO4/c27-22-20(15-16-9-3-1-4-10-16)25(29)30-24-21(22)18-13-7-8-14-19(18)23(28)26(24)17-11-5-2-6-12-17/h1-14,27H,15H2. The summed E-state index contributed by atoms with van der Waals surface area (Å²) in [4.78, 5) is 26.1. The van der Waals surface area contributed by atoms with Crippen LogP contribution >= 0.6 is 0 Å². The summed E-state index contributed by atoms with van der Waals surface area (Å²) in [5.74, 6) is -0.161. The molecule has 2 aromatic heterocycles. The second-order valence-electron chi connectivity index (χ2n) is 7.08. The van der Waals surface area contributed by atoms with Gasteiger partial charge in [0, 0.05) is 17.2 Å². The van der Waals surface area contributed by atoms with Crippen molar-refractivity contribution in [2.24, 2.45) is 0 Å². The van der Waals surface area contributed by atoms with Gasteiger partial charge in [0.1, 0.15) is 5.75 Å². The first-order chi connectivity index (χ1) is 14.6. The first-order valence-electron chi connectivity index (χ1n) is 9.57. The van der Waals surface area contributed by atoms with E-state index in [-0.39, 0.29) is 29.0 Å². The highest BCUT2D eigenvalue weighted by atomic mass is 16.4. The van der Waals surface area contributed by atoms with Crippen molar-refractivity contribution in [2.75, 3.05) is 0 Å². The zero-order valence-corrected chi connectivity index (χ0v) is 15.9. The maximum absolute atomic E-state index is 13.3. The van der Waals surface area contributed by atoms with Crippen LogP contribution in [0.1, 0.15) is 11.1 Å². The third-order valence-electron chi connectivity index (χ3n) is 5.24. The van der Waals surface area contributed by atoms with Crippen LogP contribution in [0.25, 0.3) is 27.6 Å². The Morgan fingerprint density at radius 2 is 1.37 bits per heavy atom. The van der Waals surface area contributed by atoms with Crippen LogP contribution in [0.2, 0.25) is 0 Å². The van der Waals surface area contributed by atoms with E-state index in [0.29, 0.717) is 21.8 Å². The topological polar surface area (TPSA) is 72.4 Å². The number of hydrogen-bond donors (Lipinski definition) is 1. The van der Waals surface area contributed by atoms with Gasteiger partial charge in [0.2, 0.25) is 5.71 Å². The van der Waals surface area contributed by atoms with E-state index in [1.807, 2.05) is 36.4 Å². The lowest BCUT2D eigenvalue weighted by atomic mass is 10.0. The highest BCUT2D eigenvalue weighted by Crippen LogP contribution is 2.33. The molecule has 0 spiro atoms. The average molecular weight is 395 g/mol. The molecule has 1 N–H and O–H groups in total. The van der Waals surface area contributed by atoms with Crippen LogP contribution in [0, 0.1) is 0 Å². The van der Waals surface area contributed by atoms with E-state index in [2.05, 4.69) is 0 Å². The first kappa shape index (κ1) is 17.9. The quantitative estimate of drug-likeness (QED) is 0.460. The normalized spacial score (nSPS) is 11.2. The molecule has 0 amide bonds. The smallest absolute Gasteiger partial charge is 0.344 e. The summed E-state index contributed by atoms with van der Waals surface area (Å²) in [6, 6.07) is 25.3. The molecule has 5 nitrogen and oxygen atoms in total. The van der Waals surface area contributed by atoms with Gasteiger partial charge in [-0.3, -0.25) is 4.79 Å². The molecule has 0 aliphatic rings. The third-order valence-corrected chi connectivity index (χ3v) is 5.24. The van der Waals surface area contributed by atoms with E-state index in [0.717, 1.165) is 5.56 Å². The lowest BCUT2D eigenvalue weighted by Gasteiger charge is -2.14. The Labute approximate surface area is 171 Å². The number of para-hydroxylation sites is 1. The van der Waals surface area contributed by atoms with E-state index in [9.17, 15) is 14.7 Å². The zero-order chi connectivity index (χ0) is 20.7. The lowest BCUT2D eigenvalue weighted by molar-refractivity contribution is 0.455. The highest BCUT2D eigenvalue weighted by molar-refractivity contribution is 6.07. The molecule has 146 valence electrons. The molecule has 0 fully saturated rings. The molecule has 3 aromatic carbocycles. The van der Waals surface area contributed by atoms with Crippen molar-refractivity contribution in [2.45, 2.75) is 6.42 Å².